The van der Waals surface area contributed by atoms with Crippen molar-refractivity contribution in [1.29, 1.82) is 0 Å². The highest BCUT2D eigenvalue weighted by molar-refractivity contribution is 5.94. The van der Waals surface area contributed by atoms with Crippen LogP contribution in [0.1, 0.15) is 19.8 Å². The summed E-state index contributed by atoms with van der Waals surface area (Å²) in [5.74, 6) is -0.0645. The molecule has 3 N–H and O–H groups in total. The molecule has 0 spiro atoms. The maximum Gasteiger partial charge on any atom is 0.228 e. The molecular formula is C14H19N3O2. The predicted octanol–water partition coefficient (Wildman–Crippen LogP) is 1.58. The van der Waals surface area contributed by atoms with Crippen molar-refractivity contribution in [3.05, 3.63) is 24.3 Å². The first-order valence-electron chi connectivity index (χ1n) is 6.54. The lowest BCUT2D eigenvalue weighted by Crippen LogP contribution is -2.37. The van der Waals surface area contributed by atoms with E-state index in [9.17, 15) is 9.59 Å². The maximum atomic E-state index is 12.1. The number of rotatable bonds is 3. The van der Waals surface area contributed by atoms with Crippen molar-refractivity contribution >= 4 is 23.2 Å². The van der Waals surface area contributed by atoms with Crippen molar-refractivity contribution in [3.63, 3.8) is 0 Å². The molecule has 5 heteroatoms. The van der Waals surface area contributed by atoms with Crippen LogP contribution in [0.15, 0.2) is 24.3 Å². The zero-order chi connectivity index (χ0) is 13.7. The van der Waals surface area contributed by atoms with Gasteiger partial charge in [-0.25, -0.2) is 0 Å². The Hall–Kier alpha value is -1.88. The molecule has 1 aromatic carbocycles. The summed E-state index contributed by atoms with van der Waals surface area (Å²) >= 11 is 0. The molecule has 1 aliphatic heterocycles. The minimum Gasteiger partial charge on any atom is -0.326 e. The Morgan fingerprint density at radius 2 is 2.00 bits per heavy atom. The molecule has 0 bridgehead atoms. The van der Waals surface area contributed by atoms with E-state index in [1.807, 2.05) is 6.07 Å². The monoisotopic (exact) mass is 261 g/mol. The van der Waals surface area contributed by atoms with Crippen molar-refractivity contribution in [2.24, 2.45) is 5.92 Å². The standard InChI is InChI=1S/C14H19N3O2/c1-10(18)16-12-5-2-6-13(8-12)17-14(19)11-4-3-7-15-9-11/h2,5-6,8,11,15H,3-4,7,9H2,1H3,(H,16,18)(H,17,19)/t11-/m0/s1. The number of hydrogen-bond acceptors (Lipinski definition) is 3. The van der Waals surface area contributed by atoms with Gasteiger partial charge in [0.05, 0.1) is 5.92 Å². The largest absolute Gasteiger partial charge is 0.326 e. The van der Waals surface area contributed by atoms with Crippen LogP contribution in [0.4, 0.5) is 11.4 Å². The summed E-state index contributed by atoms with van der Waals surface area (Å²) in [7, 11) is 0. The lowest BCUT2D eigenvalue weighted by molar-refractivity contribution is -0.120. The maximum absolute atomic E-state index is 12.1. The smallest absolute Gasteiger partial charge is 0.228 e. The van der Waals surface area contributed by atoms with Crippen LogP contribution in [-0.4, -0.2) is 24.9 Å². The lowest BCUT2D eigenvalue weighted by Gasteiger charge is -2.22. The Kier molecular flexibility index (Phi) is 4.52. The number of carbonyl (C=O) groups excluding carboxylic acids is 2. The van der Waals surface area contributed by atoms with Crippen LogP contribution in [-0.2, 0) is 9.59 Å². The van der Waals surface area contributed by atoms with E-state index in [0.29, 0.717) is 11.4 Å². The summed E-state index contributed by atoms with van der Waals surface area (Å²) in [6, 6.07) is 7.17. The summed E-state index contributed by atoms with van der Waals surface area (Å²) in [5.41, 5.74) is 1.40. The fraction of sp³-hybridized carbons (Fsp3) is 0.429. The van der Waals surface area contributed by atoms with Crippen molar-refractivity contribution < 1.29 is 9.59 Å². The van der Waals surface area contributed by atoms with Gasteiger partial charge in [0.15, 0.2) is 0 Å². The first-order valence-corrected chi connectivity index (χ1v) is 6.54. The van der Waals surface area contributed by atoms with Gasteiger partial charge in [0, 0.05) is 24.8 Å². The highest BCUT2D eigenvalue weighted by Crippen LogP contribution is 2.17. The third kappa shape index (κ3) is 4.06. The van der Waals surface area contributed by atoms with Crippen molar-refractivity contribution in [2.75, 3.05) is 23.7 Å². The average Bonchev–Trinajstić information content (AvgIpc) is 2.39. The van der Waals surface area contributed by atoms with Crippen LogP contribution in [0.5, 0.6) is 0 Å². The van der Waals surface area contributed by atoms with E-state index in [4.69, 9.17) is 0 Å². The lowest BCUT2D eigenvalue weighted by atomic mass is 9.99. The van der Waals surface area contributed by atoms with Crippen molar-refractivity contribution in [1.82, 2.24) is 5.32 Å². The van der Waals surface area contributed by atoms with Crippen LogP contribution in [0, 0.1) is 5.92 Å². The number of piperidine rings is 1. The molecule has 0 unspecified atom stereocenters. The summed E-state index contributed by atoms with van der Waals surface area (Å²) in [5, 5.41) is 8.81. The second-order valence-corrected chi connectivity index (χ2v) is 4.79. The molecular weight excluding hydrogens is 242 g/mol. The van der Waals surface area contributed by atoms with Gasteiger partial charge in [0.1, 0.15) is 0 Å². The summed E-state index contributed by atoms with van der Waals surface area (Å²) < 4.78 is 0. The molecule has 0 aromatic heterocycles. The molecule has 1 aromatic rings. The fourth-order valence-electron chi connectivity index (χ4n) is 2.20. The minimum absolute atomic E-state index is 0.0261. The summed E-state index contributed by atoms with van der Waals surface area (Å²) in [4.78, 5) is 23.0. The van der Waals surface area contributed by atoms with Crippen LogP contribution in [0.25, 0.3) is 0 Å². The molecule has 102 valence electrons. The number of hydrogen-bond donors (Lipinski definition) is 3. The number of benzene rings is 1. The van der Waals surface area contributed by atoms with E-state index in [2.05, 4.69) is 16.0 Å². The average molecular weight is 261 g/mol. The highest BCUT2D eigenvalue weighted by Gasteiger charge is 2.20. The third-order valence-corrected chi connectivity index (χ3v) is 3.12. The molecule has 2 amide bonds. The van der Waals surface area contributed by atoms with Gasteiger partial charge in [-0.1, -0.05) is 6.07 Å². The van der Waals surface area contributed by atoms with E-state index in [1.54, 1.807) is 18.2 Å². The van der Waals surface area contributed by atoms with Gasteiger partial charge >= 0.3 is 0 Å². The topological polar surface area (TPSA) is 70.2 Å². The van der Waals surface area contributed by atoms with Gasteiger partial charge in [-0.05, 0) is 37.6 Å². The second-order valence-electron chi connectivity index (χ2n) is 4.79. The van der Waals surface area contributed by atoms with E-state index >= 15 is 0 Å². The van der Waals surface area contributed by atoms with Gasteiger partial charge in [0.25, 0.3) is 0 Å². The van der Waals surface area contributed by atoms with Gasteiger partial charge in [-0.2, -0.15) is 0 Å². The van der Waals surface area contributed by atoms with Crippen LogP contribution in [0.2, 0.25) is 0 Å². The van der Waals surface area contributed by atoms with E-state index in [0.717, 1.165) is 25.9 Å². The second kappa shape index (κ2) is 6.33. The number of amides is 2. The molecule has 2 rings (SSSR count). The molecule has 1 fully saturated rings. The molecule has 0 aliphatic carbocycles. The molecule has 1 saturated heterocycles. The van der Waals surface area contributed by atoms with Gasteiger partial charge in [-0.3, -0.25) is 9.59 Å². The van der Waals surface area contributed by atoms with Crippen LogP contribution >= 0.6 is 0 Å². The highest BCUT2D eigenvalue weighted by atomic mass is 16.2. The van der Waals surface area contributed by atoms with Gasteiger partial charge in [-0.15, -0.1) is 0 Å². The van der Waals surface area contributed by atoms with E-state index in [-0.39, 0.29) is 17.7 Å². The van der Waals surface area contributed by atoms with Crippen LogP contribution < -0.4 is 16.0 Å². The Morgan fingerprint density at radius 3 is 2.63 bits per heavy atom. The van der Waals surface area contributed by atoms with Gasteiger partial charge in [0.2, 0.25) is 11.8 Å². The molecule has 1 atom stereocenters. The van der Waals surface area contributed by atoms with Gasteiger partial charge < -0.3 is 16.0 Å². The predicted molar refractivity (Wildman–Crippen MR) is 75.0 cm³/mol. The Labute approximate surface area is 112 Å². The molecule has 0 saturated carbocycles. The number of carbonyl (C=O) groups is 2. The molecule has 1 aliphatic rings. The molecule has 0 radical (unpaired) electrons. The van der Waals surface area contributed by atoms with E-state index < -0.39 is 0 Å². The van der Waals surface area contributed by atoms with Crippen LogP contribution in [0.3, 0.4) is 0 Å². The van der Waals surface area contributed by atoms with Crippen molar-refractivity contribution in [3.8, 4) is 0 Å². The Balaban J connectivity index is 1.97. The molecule has 1 heterocycles. The third-order valence-electron chi connectivity index (χ3n) is 3.12. The number of nitrogens with one attached hydrogen (secondary N) is 3. The normalized spacial score (nSPS) is 18.7. The Bertz CT molecular complexity index is 468. The zero-order valence-electron chi connectivity index (χ0n) is 11.0. The first-order chi connectivity index (χ1) is 9.15. The zero-order valence-corrected chi connectivity index (χ0v) is 11.0. The molecule has 5 nitrogen and oxygen atoms in total. The quantitative estimate of drug-likeness (QED) is 0.773. The van der Waals surface area contributed by atoms with Crippen molar-refractivity contribution in [2.45, 2.75) is 19.8 Å². The first kappa shape index (κ1) is 13.5. The number of anilines is 2. The SMILES string of the molecule is CC(=O)Nc1cccc(NC(=O)[C@H]2CCCNC2)c1. The minimum atomic E-state index is -0.125. The van der Waals surface area contributed by atoms with E-state index in [1.165, 1.54) is 6.92 Å². The summed E-state index contributed by atoms with van der Waals surface area (Å²) in [6.07, 6.45) is 1.95. The molecule has 19 heavy (non-hydrogen) atoms. The summed E-state index contributed by atoms with van der Waals surface area (Å²) in [6.45, 7) is 3.18. The fourth-order valence-corrected chi connectivity index (χ4v) is 2.20. The Morgan fingerprint density at radius 1 is 1.26 bits per heavy atom.